The molecule has 0 fully saturated rings. The largest absolute Gasteiger partial charge is 1.00 e. The lowest BCUT2D eigenvalue weighted by molar-refractivity contribution is -0.873. The van der Waals surface area contributed by atoms with Gasteiger partial charge < -0.3 is 30.9 Å². The highest BCUT2D eigenvalue weighted by molar-refractivity contribution is 5.72. The van der Waals surface area contributed by atoms with Gasteiger partial charge in [-0.2, -0.15) is 0 Å². The summed E-state index contributed by atoms with van der Waals surface area (Å²) in [5.41, 5.74) is 0. The molecule has 0 aromatic carbocycles. The molecule has 0 aliphatic rings. The molecule has 0 spiro atoms. The van der Waals surface area contributed by atoms with E-state index in [0.717, 1.165) is 25.7 Å². The molecule has 0 aliphatic heterocycles. The number of ether oxygens (including phenoxy) is 2. The van der Waals surface area contributed by atoms with Crippen molar-refractivity contribution in [3.8, 4) is 0 Å². The van der Waals surface area contributed by atoms with Crippen molar-refractivity contribution >= 4 is 11.9 Å². The second kappa shape index (κ2) is 34.7. The highest BCUT2D eigenvalue weighted by Crippen LogP contribution is 2.15. The van der Waals surface area contributed by atoms with Crippen LogP contribution in [0, 0.1) is 0 Å². The quantitative estimate of drug-likeness (QED) is 0.0383. The molecule has 0 amide bonds. The summed E-state index contributed by atoms with van der Waals surface area (Å²) in [5, 5.41) is 0. The number of halogens is 1. The molecule has 270 valence electrons. The molecule has 0 bridgehead atoms. The summed E-state index contributed by atoms with van der Waals surface area (Å²) in [4.78, 5) is 25.1. The Bertz CT molecular complexity index is 637. The van der Waals surface area contributed by atoms with E-state index in [2.05, 4.69) is 35.0 Å². The zero-order valence-corrected chi connectivity index (χ0v) is 32.5. The van der Waals surface area contributed by atoms with E-state index < -0.39 is 6.10 Å². The first kappa shape index (κ1) is 46.5. The van der Waals surface area contributed by atoms with E-state index in [-0.39, 0.29) is 35.3 Å². The Morgan fingerprint density at radius 2 is 0.822 bits per heavy atom. The van der Waals surface area contributed by atoms with Gasteiger partial charge in [-0.1, -0.05) is 174 Å². The number of carbonyl (C=O) groups excluding carboxylic acids is 2. The Morgan fingerprint density at radius 1 is 0.489 bits per heavy atom. The molecule has 0 aliphatic carbocycles. The molecule has 0 saturated heterocycles. The zero-order valence-electron chi connectivity index (χ0n) is 31.0. The van der Waals surface area contributed by atoms with Crippen LogP contribution in [0.15, 0.2) is 0 Å². The first-order valence-corrected chi connectivity index (χ1v) is 19.4. The van der Waals surface area contributed by atoms with Gasteiger partial charge in [0.15, 0.2) is 6.10 Å². The van der Waals surface area contributed by atoms with Gasteiger partial charge in [0, 0.05) is 6.42 Å². The second-order valence-electron chi connectivity index (χ2n) is 14.6. The van der Waals surface area contributed by atoms with Gasteiger partial charge in [0.05, 0.1) is 34.2 Å². The molecule has 0 aromatic rings. The van der Waals surface area contributed by atoms with Crippen LogP contribution < -0.4 is 17.0 Å². The Kier molecular flexibility index (Phi) is 35.9. The number of carbonyl (C=O) groups is 2. The molecule has 1 atom stereocenters. The fraction of sp³-hybridized carbons (Fsp3) is 0.949. The van der Waals surface area contributed by atoms with Gasteiger partial charge in [-0.05, 0) is 12.8 Å². The maximum Gasteiger partial charge on any atom is 0.309 e. The highest BCUT2D eigenvalue weighted by Gasteiger charge is 2.25. The summed E-state index contributed by atoms with van der Waals surface area (Å²) in [6.07, 6.45) is 35.3. The normalized spacial score (nSPS) is 12.1. The molecule has 0 heterocycles. The van der Waals surface area contributed by atoms with E-state index >= 15 is 0 Å². The molecule has 6 heteroatoms. The van der Waals surface area contributed by atoms with Crippen molar-refractivity contribution in [2.75, 3.05) is 34.3 Å². The van der Waals surface area contributed by atoms with E-state index in [9.17, 15) is 9.59 Å². The summed E-state index contributed by atoms with van der Waals surface area (Å²) in [6.45, 7) is 5.63. The average Bonchev–Trinajstić information content (AvgIpc) is 2.96. The fourth-order valence-corrected chi connectivity index (χ4v) is 6.01. The van der Waals surface area contributed by atoms with Gasteiger partial charge in [0.25, 0.3) is 0 Å². The molecule has 0 saturated carbocycles. The van der Waals surface area contributed by atoms with E-state index in [1.165, 1.54) is 148 Å². The van der Waals surface area contributed by atoms with Gasteiger partial charge in [-0.3, -0.25) is 9.59 Å². The highest BCUT2D eigenvalue weighted by atomic mass is 79.9. The fourth-order valence-electron chi connectivity index (χ4n) is 6.01. The minimum atomic E-state index is -0.423. The van der Waals surface area contributed by atoms with Crippen molar-refractivity contribution in [2.24, 2.45) is 0 Å². The smallest absolute Gasteiger partial charge is 0.309 e. The number of quaternary nitrogens is 1. The van der Waals surface area contributed by atoms with Crippen LogP contribution in [0.4, 0.5) is 0 Å². The van der Waals surface area contributed by atoms with Crippen LogP contribution in [0.2, 0.25) is 0 Å². The third-order valence-corrected chi connectivity index (χ3v) is 8.69. The zero-order chi connectivity index (χ0) is 32.6. The lowest BCUT2D eigenvalue weighted by Crippen LogP contribution is -3.00. The van der Waals surface area contributed by atoms with Crippen LogP contribution in [0.25, 0.3) is 0 Å². The lowest BCUT2D eigenvalue weighted by Gasteiger charge is -2.28. The van der Waals surface area contributed by atoms with Crippen LogP contribution in [-0.2, 0) is 19.1 Å². The average molecular weight is 705 g/mol. The minimum Gasteiger partial charge on any atom is -1.00 e. The summed E-state index contributed by atoms with van der Waals surface area (Å²) >= 11 is 0. The molecule has 5 nitrogen and oxygen atoms in total. The number of hydrogen-bond donors (Lipinski definition) is 0. The number of hydrogen-bond acceptors (Lipinski definition) is 4. The number of unbranched alkanes of at least 4 members (excludes halogenated alkanes) is 25. The number of esters is 2. The molecule has 0 unspecified atom stereocenters. The van der Waals surface area contributed by atoms with Crippen LogP contribution in [-0.4, -0.2) is 56.8 Å². The third-order valence-electron chi connectivity index (χ3n) is 8.69. The molecule has 0 rings (SSSR count). The van der Waals surface area contributed by atoms with E-state index in [0.29, 0.717) is 24.1 Å². The Balaban J connectivity index is 0. The summed E-state index contributed by atoms with van der Waals surface area (Å²) < 4.78 is 11.9. The van der Waals surface area contributed by atoms with Crippen LogP contribution >= 0.6 is 0 Å². The maximum absolute atomic E-state index is 12.5. The van der Waals surface area contributed by atoms with Gasteiger partial charge in [0.2, 0.25) is 0 Å². The van der Waals surface area contributed by atoms with Crippen LogP contribution in [0.5, 0.6) is 0 Å². The topological polar surface area (TPSA) is 52.6 Å². The first-order chi connectivity index (χ1) is 21.3. The van der Waals surface area contributed by atoms with Crippen molar-refractivity contribution in [3.05, 3.63) is 0 Å². The predicted octanol–water partition coefficient (Wildman–Crippen LogP) is 8.50. The molecule has 45 heavy (non-hydrogen) atoms. The van der Waals surface area contributed by atoms with Crippen molar-refractivity contribution in [1.29, 1.82) is 0 Å². The molecule has 0 aromatic heterocycles. The van der Waals surface area contributed by atoms with Crippen molar-refractivity contribution < 1.29 is 40.5 Å². The van der Waals surface area contributed by atoms with Crippen molar-refractivity contribution in [2.45, 2.75) is 206 Å². The maximum atomic E-state index is 12.5. The second-order valence-corrected chi connectivity index (χ2v) is 14.6. The molecule has 0 radical (unpaired) electrons. The minimum absolute atomic E-state index is 0. The van der Waals surface area contributed by atoms with Gasteiger partial charge in [0.1, 0.15) is 6.54 Å². The summed E-state index contributed by atoms with van der Waals surface area (Å²) in [7, 11) is 6.19. The van der Waals surface area contributed by atoms with Crippen molar-refractivity contribution in [1.82, 2.24) is 0 Å². The molecular formula is C39H78BrNO4. The van der Waals surface area contributed by atoms with Gasteiger partial charge in [-0.15, -0.1) is 0 Å². The van der Waals surface area contributed by atoms with E-state index in [1.54, 1.807) is 0 Å². The number of likely N-dealkylation sites (N-methyl/N-ethyl adjacent to an activating group) is 1. The SMILES string of the molecule is CCCCCCCCCCCCCCCCOC(=O)C[C@H](C[N+](C)(C)C)OC(=O)CCCCCCCCCCCCCCC.[Br-]. The standard InChI is InChI=1S/C39H78NO4.BrH/c1-6-8-10-12-14-16-18-20-22-24-26-28-30-32-34-43-39(42)35-37(36-40(3,4)5)44-38(41)33-31-29-27-25-23-21-19-17-15-13-11-9-7-2;/h37H,6-36H2,1-5H3;1H/q+1;/p-1/t37-;/m1./s1. The van der Waals surface area contributed by atoms with E-state index in [4.69, 9.17) is 9.47 Å². The monoisotopic (exact) mass is 704 g/mol. The lowest BCUT2D eigenvalue weighted by atomic mass is 10.0. The summed E-state index contributed by atoms with van der Waals surface area (Å²) in [6, 6.07) is 0. The number of nitrogens with zero attached hydrogens (tertiary/aromatic N) is 1. The van der Waals surface area contributed by atoms with Crippen molar-refractivity contribution in [3.63, 3.8) is 0 Å². The number of rotatable bonds is 34. The first-order valence-electron chi connectivity index (χ1n) is 19.4. The predicted molar refractivity (Wildman–Crippen MR) is 189 cm³/mol. The molecule has 0 N–H and O–H groups in total. The van der Waals surface area contributed by atoms with Crippen LogP contribution in [0.1, 0.15) is 200 Å². The molecular weight excluding hydrogens is 626 g/mol. The van der Waals surface area contributed by atoms with E-state index in [1.807, 2.05) is 0 Å². The van der Waals surface area contributed by atoms with Gasteiger partial charge in [-0.25, -0.2) is 0 Å². The van der Waals surface area contributed by atoms with Crippen LogP contribution in [0.3, 0.4) is 0 Å². The van der Waals surface area contributed by atoms with Gasteiger partial charge >= 0.3 is 11.9 Å². The summed E-state index contributed by atoms with van der Waals surface area (Å²) in [5.74, 6) is -0.418. The Morgan fingerprint density at radius 3 is 1.18 bits per heavy atom. The third kappa shape index (κ3) is 37.7. The Hall–Kier alpha value is -0.620. The Labute approximate surface area is 292 Å².